The van der Waals surface area contributed by atoms with E-state index in [4.69, 9.17) is 0 Å². The first-order valence-electron chi connectivity index (χ1n) is 13.6. The maximum Gasteiger partial charge on any atom is 0 e. The third-order valence-electron chi connectivity index (χ3n) is 10.0. The van der Waals surface area contributed by atoms with E-state index in [-0.39, 0.29) is 26.2 Å². The molecule has 0 N–H and O–H groups in total. The summed E-state index contributed by atoms with van der Waals surface area (Å²) < 4.78 is 0. The van der Waals surface area contributed by atoms with Crippen LogP contribution in [0.1, 0.15) is 99.7 Å². The van der Waals surface area contributed by atoms with Gasteiger partial charge in [-0.25, -0.2) is 0 Å². The zero-order valence-corrected chi connectivity index (χ0v) is 22.6. The molecule has 0 saturated heterocycles. The molecule has 0 aromatic heterocycles. The van der Waals surface area contributed by atoms with E-state index in [2.05, 4.69) is 48.5 Å². The van der Waals surface area contributed by atoms with Crippen LogP contribution in [-0.4, -0.2) is 0 Å². The van der Waals surface area contributed by atoms with Crippen LogP contribution in [0.2, 0.25) is 0 Å². The molecule has 5 fully saturated rings. The molecular weight excluding hydrogens is 476 g/mol. The van der Waals surface area contributed by atoms with Crippen molar-refractivity contribution < 1.29 is 26.2 Å². The fourth-order valence-electron chi connectivity index (χ4n) is 9.16. The van der Waals surface area contributed by atoms with E-state index >= 15 is 0 Å². The minimum Gasteiger partial charge on any atom is -0.0646 e. The third kappa shape index (κ3) is 4.20. The van der Waals surface area contributed by atoms with E-state index < -0.39 is 0 Å². The van der Waals surface area contributed by atoms with Gasteiger partial charge in [0.15, 0.2) is 0 Å². The summed E-state index contributed by atoms with van der Waals surface area (Å²) in [5.74, 6) is 3.97. The van der Waals surface area contributed by atoms with Gasteiger partial charge in [0.1, 0.15) is 0 Å². The molecule has 6 aliphatic carbocycles. The third-order valence-corrected chi connectivity index (χ3v) is 10.0. The number of allylic oxidation sites excluding steroid dienone is 1. The monoisotopic (exact) mass is 512 g/mol. The van der Waals surface area contributed by atoms with Crippen molar-refractivity contribution in [1.29, 1.82) is 0 Å². The van der Waals surface area contributed by atoms with Crippen LogP contribution in [0.3, 0.4) is 0 Å². The van der Waals surface area contributed by atoms with E-state index in [0.29, 0.717) is 5.41 Å². The van der Waals surface area contributed by atoms with Crippen molar-refractivity contribution in [2.45, 2.75) is 89.4 Å². The van der Waals surface area contributed by atoms with E-state index in [0.717, 1.165) is 23.7 Å². The Morgan fingerprint density at radius 2 is 1.42 bits per heavy atom. The van der Waals surface area contributed by atoms with E-state index in [1.807, 2.05) is 0 Å². The second-order valence-corrected chi connectivity index (χ2v) is 12.4. The molecule has 1 heteroatoms. The molecule has 5 saturated carbocycles. The average Bonchev–Trinajstić information content (AvgIpc) is 3.20. The SMILES string of the molecule is C1=C(CC23CC4CC(CC(C4)C2)C3)Cc2cccc(-c3ccc(C4CCCCC4)cc3)c21.[Zr]. The average molecular weight is 514 g/mol. The summed E-state index contributed by atoms with van der Waals surface area (Å²) in [6.45, 7) is 0. The molecule has 2 aromatic carbocycles. The Hall–Kier alpha value is -0.937. The first kappa shape index (κ1) is 22.5. The van der Waals surface area contributed by atoms with Crippen LogP contribution in [0.15, 0.2) is 48.0 Å². The Balaban J connectivity index is 0.00000206. The normalized spacial score (nSPS) is 32.4. The molecule has 2 aromatic rings. The molecule has 8 rings (SSSR count). The molecule has 0 radical (unpaired) electrons. The molecule has 0 amide bonds. The molecular formula is C32H38Zr. The van der Waals surface area contributed by atoms with Gasteiger partial charge in [0.2, 0.25) is 0 Å². The maximum atomic E-state index is 2.61. The quantitative estimate of drug-likeness (QED) is 0.383. The predicted octanol–water partition coefficient (Wildman–Crippen LogP) is 8.94. The predicted molar refractivity (Wildman–Crippen MR) is 135 cm³/mol. The van der Waals surface area contributed by atoms with Crippen LogP contribution in [0.5, 0.6) is 0 Å². The Bertz CT molecular complexity index is 1000. The molecule has 170 valence electrons. The second kappa shape index (κ2) is 8.93. The van der Waals surface area contributed by atoms with Gasteiger partial charge in [-0.3, -0.25) is 0 Å². The molecule has 4 bridgehead atoms. The molecule has 33 heavy (non-hydrogen) atoms. The minimum absolute atomic E-state index is 0. The molecule has 0 aliphatic heterocycles. The standard InChI is InChI=1S/C32H38.Zr/c1-2-5-26(6-3-1)27-9-11-28(12-10-27)30-8-4-7-29-16-25(17-31(29)30)21-32-18-22-13-23(19-32)15-24(14-22)20-32;/h4,7-12,17,22-24,26H,1-3,5-6,13-16,18-21H2;. The van der Waals surface area contributed by atoms with Gasteiger partial charge in [-0.1, -0.05) is 73.4 Å². The summed E-state index contributed by atoms with van der Waals surface area (Å²) >= 11 is 0. The van der Waals surface area contributed by atoms with Crippen LogP contribution < -0.4 is 0 Å². The van der Waals surface area contributed by atoms with Crippen molar-refractivity contribution in [3.63, 3.8) is 0 Å². The van der Waals surface area contributed by atoms with Crippen molar-refractivity contribution in [2.24, 2.45) is 23.2 Å². The topological polar surface area (TPSA) is 0 Å². The van der Waals surface area contributed by atoms with Gasteiger partial charge in [-0.2, -0.15) is 0 Å². The fourth-order valence-corrected chi connectivity index (χ4v) is 9.16. The Morgan fingerprint density at radius 1 is 0.758 bits per heavy atom. The fraction of sp³-hybridized carbons (Fsp3) is 0.562. The summed E-state index contributed by atoms with van der Waals surface area (Å²) in [6, 6.07) is 16.7. The summed E-state index contributed by atoms with van der Waals surface area (Å²) in [5.41, 5.74) is 9.92. The van der Waals surface area contributed by atoms with Crippen molar-refractivity contribution in [3.8, 4) is 11.1 Å². The zero-order chi connectivity index (χ0) is 21.1. The maximum absolute atomic E-state index is 2.61. The summed E-state index contributed by atoms with van der Waals surface area (Å²) in [5, 5.41) is 0. The Labute approximate surface area is 219 Å². The number of rotatable bonds is 4. The first-order valence-corrected chi connectivity index (χ1v) is 13.6. The molecule has 6 aliphatic rings. The van der Waals surface area contributed by atoms with Crippen molar-refractivity contribution in [3.05, 3.63) is 64.7 Å². The number of benzene rings is 2. The van der Waals surface area contributed by atoms with Gasteiger partial charge < -0.3 is 0 Å². The largest absolute Gasteiger partial charge is 0.0646 e. The number of fused-ring (bicyclic) bond motifs is 1. The van der Waals surface area contributed by atoms with Crippen LogP contribution in [0, 0.1) is 23.2 Å². The van der Waals surface area contributed by atoms with Gasteiger partial charge in [0.25, 0.3) is 0 Å². The summed E-state index contributed by atoms with van der Waals surface area (Å²) in [7, 11) is 0. The minimum atomic E-state index is 0. The van der Waals surface area contributed by atoms with Crippen LogP contribution in [-0.2, 0) is 32.6 Å². The molecule has 0 nitrogen and oxygen atoms in total. The zero-order valence-electron chi connectivity index (χ0n) is 20.1. The Kier molecular flexibility index (Phi) is 6.10. The number of hydrogen-bond donors (Lipinski definition) is 0. The van der Waals surface area contributed by atoms with Gasteiger partial charge in [0.05, 0.1) is 0 Å². The second-order valence-electron chi connectivity index (χ2n) is 12.4. The number of hydrogen-bond acceptors (Lipinski definition) is 0. The van der Waals surface area contributed by atoms with Crippen molar-refractivity contribution >= 4 is 6.08 Å². The van der Waals surface area contributed by atoms with E-state index in [1.165, 1.54) is 80.9 Å². The van der Waals surface area contributed by atoms with Crippen LogP contribution in [0.4, 0.5) is 0 Å². The molecule has 0 spiro atoms. The van der Waals surface area contributed by atoms with Gasteiger partial charge in [-0.15, -0.1) is 0 Å². The molecule has 0 heterocycles. The van der Waals surface area contributed by atoms with Gasteiger partial charge in [0, 0.05) is 26.2 Å². The molecule has 0 unspecified atom stereocenters. The van der Waals surface area contributed by atoms with Crippen LogP contribution >= 0.6 is 0 Å². The first-order chi connectivity index (χ1) is 15.7. The van der Waals surface area contributed by atoms with E-state index in [1.54, 1.807) is 36.0 Å². The van der Waals surface area contributed by atoms with Gasteiger partial charge in [-0.05, 0) is 121 Å². The summed E-state index contributed by atoms with van der Waals surface area (Å²) in [4.78, 5) is 0. The Morgan fingerprint density at radius 3 is 2.09 bits per heavy atom. The molecule has 0 atom stereocenters. The van der Waals surface area contributed by atoms with Gasteiger partial charge >= 0.3 is 0 Å². The van der Waals surface area contributed by atoms with E-state index in [9.17, 15) is 0 Å². The van der Waals surface area contributed by atoms with Crippen molar-refractivity contribution in [1.82, 2.24) is 0 Å². The summed E-state index contributed by atoms with van der Waals surface area (Å²) in [6.07, 6.45) is 21.5. The smallest absolute Gasteiger partial charge is 0 e. The van der Waals surface area contributed by atoms with Crippen LogP contribution in [0.25, 0.3) is 17.2 Å². The van der Waals surface area contributed by atoms with Crippen molar-refractivity contribution in [2.75, 3.05) is 0 Å².